The van der Waals surface area contributed by atoms with Gasteiger partial charge in [0.2, 0.25) is 0 Å². The second kappa shape index (κ2) is 12.3. The van der Waals surface area contributed by atoms with Gasteiger partial charge in [-0.1, -0.05) is 24.3 Å². The van der Waals surface area contributed by atoms with Gasteiger partial charge in [0.15, 0.2) is 0 Å². The molecule has 0 aliphatic carbocycles. The van der Waals surface area contributed by atoms with Crippen LogP contribution in [-0.4, -0.2) is 32.4 Å². The lowest BCUT2D eigenvalue weighted by molar-refractivity contribution is 1.13. The van der Waals surface area contributed by atoms with Crippen molar-refractivity contribution in [3.05, 3.63) is 119 Å². The molecule has 0 radical (unpaired) electrons. The van der Waals surface area contributed by atoms with Crippen LogP contribution in [-0.2, 0) is 12.8 Å². The predicted octanol–water partition coefficient (Wildman–Crippen LogP) is 7.72. The van der Waals surface area contributed by atoms with E-state index in [4.69, 9.17) is 20.0 Å². The molecule has 4 aromatic heterocycles. The van der Waals surface area contributed by atoms with E-state index < -0.39 is 0 Å². The maximum atomic E-state index is 4.88. The Morgan fingerprint density at radius 2 is 0.900 bits per heavy atom. The molecule has 0 aliphatic heterocycles. The molecule has 0 saturated carbocycles. The van der Waals surface area contributed by atoms with E-state index >= 15 is 0 Å². The fourth-order valence-corrected chi connectivity index (χ4v) is 4.62. The quantitative estimate of drug-likeness (QED) is 0.195. The summed E-state index contributed by atoms with van der Waals surface area (Å²) in [5.74, 6) is 0. The van der Waals surface area contributed by atoms with E-state index in [2.05, 4.69) is 37.7 Å². The molecule has 0 spiro atoms. The number of rotatable bonds is 8. The summed E-state index contributed by atoms with van der Waals surface area (Å²) in [6, 6.07) is 23.7. The SMILES string of the molecule is Cc1c(C)c(N=CCc2cccc(-c3ccccn3)n2)c(C)c(C)c1N=CCc1cccc(-c2ccccn2)n1. The van der Waals surface area contributed by atoms with Crippen LogP contribution in [0, 0.1) is 27.7 Å². The number of hydrogen-bond acceptors (Lipinski definition) is 6. The molecule has 5 aromatic rings. The first kappa shape index (κ1) is 26.8. The maximum absolute atomic E-state index is 4.88. The molecule has 0 aliphatic rings. The lowest BCUT2D eigenvalue weighted by Gasteiger charge is -2.15. The fourth-order valence-electron chi connectivity index (χ4n) is 4.62. The third kappa shape index (κ3) is 6.07. The van der Waals surface area contributed by atoms with Crippen molar-refractivity contribution in [3.63, 3.8) is 0 Å². The third-order valence-corrected chi connectivity index (χ3v) is 7.06. The van der Waals surface area contributed by atoms with Gasteiger partial charge in [0.1, 0.15) is 0 Å². The number of aliphatic imine (C=N–C) groups is 2. The fraction of sp³-hybridized carbons (Fsp3) is 0.176. The molecule has 0 atom stereocenters. The van der Waals surface area contributed by atoms with Crippen LogP contribution in [0.15, 0.2) is 95.2 Å². The van der Waals surface area contributed by atoms with Gasteiger partial charge in [-0.2, -0.15) is 0 Å². The molecular weight excluding hydrogens is 492 g/mol. The van der Waals surface area contributed by atoms with Crippen LogP contribution in [0.1, 0.15) is 33.6 Å². The zero-order chi connectivity index (χ0) is 27.9. The summed E-state index contributed by atoms with van der Waals surface area (Å²) in [7, 11) is 0. The molecule has 0 fully saturated rings. The molecule has 4 heterocycles. The van der Waals surface area contributed by atoms with Crippen molar-refractivity contribution in [1.82, 2.24) is 19.9 Å². The molecule has 0 unspecified atom stereocenters. The molecule has 198 valence electrons. The molecule has 40 heavy (non-hydrogen) atoms. The van der Waals surface area contributed by atoms with Gasteiger partial charge in [0.25, 0.3) is 0 Å². The summed E-state index contributed by atoms with van der Waals surface area (Å²) in [4.78, 5) is 28.1. The van der Waals surface area contributed by atoms with Gasteiger partial charge in [0.05, 0.1) is 34.2 Å². The zero-order valence-electron chi connectivity index (χ0n) is 23.3. The summed E-state index contributed by atoms with van der Waals surface area (Å²) < 4.78 is 0. The largest absolute Gasteiger partial charge is 0.260 e. The van der Waals surface area contributed by atoms with Crippen molar-refractivity contribution in [1.29, 1.82) is 0 Å². The van der Waals surface area contributed by atoms with E-state index in [9.17, 15) is 0 Å². The normalized spacial score (nSPS) is 11.5. The summed E-state index contributed by atoms with van der Waals surface area (Å²) in [5, 5.41) is 0. The van der Waals surface area contributed by atoms with Gasteiger partial charge >= 0.3 is 0 Å². The van der Waals surface area contributed by atoms with Gasteiger partial charge in [0, 0.05) is 49.1 Å². The van der Waals surface area contributed by atoms with Crippen molar-refractivity contribution in [2.45, 2.75) is 40.5 Å². The van der Waals surface area contributed by atoms with Gasteiger partial charge in [-0.05, 0) is 98.5 Å². The Morgan fingerprint density at radius 3 is 1.27 bits per heavy atom. The standard InChI is InChI=1S/C34H32N6/c1-23-24(2)34(38-22-18-28-12-10-16-32(40-28)30-14-6-8-20-36-30)26(4)25(3)33(23)37-21-17-27-11-9-15-31(39-27)29-13-5-7-19-35-29/h5-16,19-22H,17-18H2,1-4H3. The molecule has 6 heteroatoms. The molecule has 5 rings (SSSR count). The van der Waals surface area contributed by atoms with Crippen LogP contribution >= 0.6 is 0 Å². The van der Waals surface area contributed by atoms with Crippen molar-refractivity contribution < 1.29 is 0 Å². The van der Waals surface area contributed by atoms with E-state index in [-0.39, 0.29) is 0 Å². The second-order valence-corrected chi connectivity index (χ2v) is 9.69. The van der Waals surface area contributed by atoms with Crippen molar-refractivity contribution in [3.8, 4) is 22.8 Å². The first-order valence-electron chi connectivity index (χ1n) is 13.4. The van der Waals surface area contributed by atoms with Gasteiger partial charge in [-0.25, -0.2) is 0 Å². The van der Waals surface area contributed by atoms with E-state index in [0.29, 0.717) is 12.8 Å². The highest BCUT2D eigenvalue weighted by Crippen LogP contribution is 2.37. The van der Waals surface area contributed by atoms with Crippen LogP contribution < -0.4 is 0 Å². The molecule has 6 nitrogen and oxygen atoms in total. The number of hydrogen-bond donors (Lipinski definition) is 0. The number of nitrogens with zero attached hydrogens (tertiary/aromatic N) is 6. The monoisotopic (exact) mass is 524 g/mol. The van der Waals surface area contributed by atoms with Crippen LogP contribution in [0.3, 0.4) is 0 Å². The number of pyridine rings is 4. The molecule has 0 N–H and O–H groups in total. The predicted molar refractivity (Wildman–Crippen MR) is 164 cm³/mol. The zero-order valence-corrected chi connectivity index (χ0v) is 23.3. The van der Waals surface area contributed by atoms with Gasteiger partial charge < -0.3 is 0 Å². The first-order valence-corrected chi connectivity index (χ1v) is 13.4. The Labute approximate surface area is 235 Å². The van der Waals surface area contributed by atoms with Crippen molar-refractivity contribution >= 4 is 23.8 Å². The Balaban J connectivity index is 1.31. The van der Waals surface area contributed by atoms with Crippen molar-refractivity contribution in [2.75, 3.05) is 0 Å². The Hall–Kier alpha value is -4.84. The maximum Gasteiger partial charge on any atom is 0.0889 e. The lowest BCUT2D eigenvalue weighted by Crippen LogP contribution is -1.97. The van der Waals surface area contributed by atoms with E-state index in [1.54, 1.807) is 12.4 Å². The summed E-state index contributed by atoms with van der Waals surface area (Å²) in [5.41, 5.74) is 11.9. The average molecular weight is 525 g/mol. The van der Waals surface area contributed by atoms with E-state index in [1.165, 1.54) is 0 Å². The molecule has 0 saturated heterocycles. The molecule has 0 amide bonds. The molecular formula is C34H32N6. The first-order chi connectivity index (χ1) is 19.5. The minimum Gasteiger partial charge on any atom is -0.260 e. The molecule has 0 bridgehead atoms. The Kier molecular flexibility index (Phi) is 8.26. The highest BCUT2D eigenvalue weighted by atomic mass is 14.8. The highest BCUT2D eigenvalue weighted by Gasteiger charge is 2.14. The Bertz CT molecular complexity index is 1520. The topological polar surface area (TPSA) is 76.3 Å². The van der Waals surface area contributed by atoms with Crippen LogP contribution in [0.25, 0.3) is 22.8 Å². The van der Waals surface area contributed by atoms with Crippen LogP contribution in [0.5, 0.6) is 0 Å². The van der Waals surface area contributed by atoms with E-state index in [1.807, 2.05) is 85.2 Å². The Morgan fingerprint density at radius 1 is 0.500 bits per heavy atom. The van der Waals surface area contributed by atoms with Crippen molar-refractivity contribution in [2.24, 2.45) is 9.98 Å². The smallest absolute Gasteiger partial charge is 0.0889 e. The average Bonchev–Trinajstić information content (AvgIpc) is 3.01. The van der Waals surface area contributed by atoms with Gasteiger partial charge in [-0.15, -0.1) is 0 Å². The summed E-state index contributed by atoms with van der Waals surface area (Å²) >= 11 is 0. The molecule has 1 aromatic carbocycles. The minimum atomic E-state index is 0.641. The second-order valence-electron chi connectivity index (χ2n) is 9.69. The van der Waals surface area contributed by atoms with E-state index in [0.717, 1.165) is 67.8 Å². The minimum absolute atomic E-state index is 0.641. The van der Waals surface area contributed by atoms with Crippen LogP contribution in [0.2, 0.25) is 0 Å². The number of aromatic nitrogens is 4. The number of benzene rings is 1. The van der Waals surface area contributed by atoms with Crippen LogP contribution in [0.4, 0.5) is 11.4 Å². The third-order valence-electron chi connectivity index (χ3n) is 7.06. The summed E-state index contributed by atoms with van der Waals surface area (Å²) in [6.45, 7) is 8.47. The lowest BCUT2D eigenvalue weighted by atomic mass is 9.96. The van der Waals surface area contributed by atoms with Gasteiger partial charge in [-0.3, -0.25) is 29.9 Å². The summed E-state index contributed by atoms with van der Waals surface area (Å²) in [6.07, 6.45) is 8.74. The highest BCUT2D eigenvalue weighted by molar-refractivity contribution is 5.77.